The van der Waals surface area contributed by atoms with Crippen molar-refractivity contribution in [1.29, 1.82) is 0 Å². The van der Waals surface area contributed by atoms with Gasteiger partial charge in [-0.05, 0) is 36.4 Å². The van der Waals surface area contributed by atoms with E-state index in [9.17, 15) is 0 Å². The molecule has 2 aromatic carbocycles. The zero-order valence-corrected chi connectivity index (χ0v) is 12.8. The maximum Gasteiger partial charge on any atom is 0.111 e. The normalized spacial score (nSPS) is 10.0. The van der Waals surface area contributed by atoms with Crippen LogP contribution in [0.3, 0.4) is 0 Å². The monoisotopic (exact) mass is 369 g/mol. The van der Waals surface area contributed by atoms with Crippen LogP contribution < -0.4 is 5.32 Å². The Balaban J connectivity index is 2.14. The summed E-state index contributed by atoms with van der Waals surface area (Å²) < 4.78 is 2.08. The van der Waals surface area contributed by atoms with Gasteiger partial charge in [0.1, 0.15) is 4.99 Å². The Bertz CT molecular complexity index is 537. The largest absolute Gasteiger partial charge is 0.346 e. The molecular weight excluding hydrogens is 362 g/mol. The summed E-state index contributed by atoms with van der Waals surface area (Å²) in [6.45, 7) is 0. The number of hydrogen-bond acceptors (Lipinski definition) is 1. The summed E-state index contributed by atoms with van der Waals surface area (Å²) in [4.78, 5) is 0.716. The number of rotatable bonds is 2. The van der Waals surface area contributed by atoms with E-state index in [0.29, 0.717) is 4.99 Å². The maximum atomic E-state index is 5.35. The van der Waals surface area contributed by atoms with Crippen LogP contribution in [0.4, 0.5) is 5.69 Å². The van der Waals surface area contributed by atoms with Crippen molar-refractivity contribution < 1.29 is 0 Å². The predicted octanol–water partition coefficient (Wildman–Crippen LogP) is 5.00. The number of anilines is 1. The Hall–Kier alpha value is -0.710. The summed E-state index contributed by atoms with van der Waals surface area (Å²) in [6, 6.07) is 15.8. The van der Waals surface area contributed by atoms with Crippen molar-refractivity contribution in [2.75, 3.05) is 5.32 Å². The van der Waals surface area contributed by atoms with Gasteiger partial charge in [0.25, 0.3) is 0 Å². The van der Waals surface area contributed by atoms with E-state index in [1.54, 1.807) is 0 Å². The summed E-state index contributed by atoms with van der Waals surface area (Å²) in [6.07, 6.45) is 0. The molecule has 0 saturated heterocycles. The number of thiocarbonyl (C=S) groups is 1. The summed E-state index contributed by atoms with van der Waals surface area (Å²) in [5, 5.41) is 3.20. The lowest BCUT2D eigenvalue weighted by molar-refractivity contribution is 1.57. The van der Waals surface area contributed by atoms with Gasteiger partial charge in [0, 0.05) is 20.2 Å². The van der Waals surface area contributed by atoms with Crippen LogP contribution in [0.15, 0.2) is 57.5 Å². The van der Waals surface area contributed by atoms with Crippen LogP contribution >= 0.6 is 44.1 Å². The zero-order chi connectivity index (χ0) is 12.3. The molecule has 0 bridgehead atoms. The van der Waals surface area contributed by atoms with Crippen LogP contribution in [0.5, 0.6) is 0 Å². The fraction of sp³-hybridized carbons (Fsp3) is 0. The van der Waals surface area contributed by atoms with Crippen LogP contribution in [0.1, 0.15) is 5.56 Å². The molecule has 0 amide bonds. The third-order valence-electron chi connectivity index (χ3n) is 2.19. The molecule has 0 heterocycles. The molecule has 2 aromatic rings. The average molecular weight is 371 g/mol. The van der Waals surface area contributed by atoms with Crippen LogP contribution in [0, 0.1) is 0 Å². The lowest BCUT2D eigenvalue weighted by Gasteiger charge is -2.08. The molecule has 0 fully saturated rings. The first-order valence-electron chi connectivity index (χ1n) is 4.97. The number of benzene rings is 2. The minimum Gasteiger partial charge on any atom is -0.346 e. The summed E-state index contributed by atoms with van der Waals surface area (Å²) in [5.41, 5.74) is 1.98. The van der Waals surface area contributed by atoms with E-state index < -0.39 is 0 Å². The SMILES string of the molecule is S=C(Nc1ccc(Br)cc1)c1cccc(Br)c1. The molecule has 0 aliphatic heterocycles. The van der Waals surface area contributed by atoms with Crippen LogP contribution in [0.2, 0.25) is 0 Å². The molecule has 0 radical (unpaired) electrons. The van der Waals surface area contributed by atoms with Crippen molar-refractivity contribution in [3.8, 4) is 0 Å². The molecule has 0 spiro atoms. The summed E-state index contributed by atoms with van der Waals surface area (Å²) in [7, 11) is 0. The highest BCUT2D eigenvalue weighted by atomic mass is 79.9. The second kappa shape index (κ2) is 5.76. The van der Waals surface area contributed by atoms with E-state index in [2.05, 4.69) is 37.2 Å². The molecule has 1 N–H and O–H groups in total. The molecule has 2 rings (SSSR count). The second-order valence-electron chi connectivity index (χ2n) is 3.47. The molecule has 0 aliphatic rings. The Kier molecular flexibility index (Phi) is 4.31. The zero-order valence-electron chi connectivity index (χ0n) is 8.78. The maximum absolute atomic E-state index is 5.35. The van der Waals surface area contributed by atoms with Crippen LogP contribution in [0.25, 0.3) is 0 Å². The van der Waals surface area contributed by atoms with E-state index in [4.69, 9.17) is 12.2 Å². The number of hydrogen-bond donors (Lipinski definition) is 1. The lowest BCUT2D eigenvalue weighted by Crippen LogP contribution is -2.10. The minimum atomic E-state index is 0.716. The Labute approximate surface area is 122 Å². The summed E-state index contributed by atoms with van der Waals surface area (Å²) >= 11 is 12.2. The molecule has 0 atom stereocenters. The molecule has 86 valence electrons. The van der Waals surface area contributed by atoms with Gasteiger partial charge in [0.2, 0.25) is 0 Å². The van der Waals surface area contributed by atoms with Crippen molar-refractivity contribution in [2.24, 2.45) is 0 Å². The van der Waals surface area contributed by atoms with Gasteiger partial charge in [-0.3, -0.25) is 0 Å². The van der Waals surface area contributed by atoms with Crippen molar-refractivity contribution in [3.63, 3.8) is 0 Å². The molecule has 0 aromatic heterocycles. The van der Waals surface area contributed by atoms with Gasteiger partial charge >= 0.3 is 0 Å². The van der Waals surface area contributed by atoms with Crippen LogP contribution in [-0.2, 0) is 0 Å². The highest BCUT2D eigenvalue weighted by Gasteiger charge is 2.02. The molecule has 1 nitrogen and oxygen atoms in total. The quantitative estimate of drug-likeness (QED) is 0.746. The lowest BCUT2D eigenvalue weighted by atomic mass is 10.2. The molecule has 17 heavy (non-hydrogen) atoms. The van der Waals surface area contributed by atoms with Gasteiger partial charge in [0.15, 0.2) is 0 Å². The molecular formula is C13H9Br2NS. The second-order valence-corrected chi connectivity index (χ2v) is 5.71. The van der Waals surface area contributed by atoms with Gasteiger partial charge in [-0.25, -0.2) is 0 Å². The van der Waals surface area contributed by atoms with Gasteiger partial charge in [0.05, 0.1) is 0 Å². The number of nitrogens with one attached hydrogen (secondary N) is 1. The highest BCUT2D eigenvalue weighted by molar-refractivity contribution is 9.10. The standard InChI is InChI=1S/C13H9Br2NS/c14-10-4-6-12(7-5-10)16-13(17)9-2-1-3-11(15)8-9/h1-8H,(H,16,17). The van der Waals surface area contributed by atoms with Gasteiger partial charge in [-0.1, -0.05) is 56.2 Å². The van der Waals surface area contributed by atoms with E-state index in [1.807, 2.05) is 48.5 Å². The fourth-order valence-corrected chi connectivity index (χ4v) is 2.27. The Morgan fingerprint density at radius 2 is 1.65 bits per heavy atom. The van der Waals surface area contributed by atoms with Crippen molar-refractivity contribution in [1.82, 2.24) is 0 Å². The summed E-state index contributed by atoms with van der Waals surface area (Å²) in [5.74, 6) is 0. The van der Waals surface area contributed by atoms with Crippen molar-refractivity contribution >= 4 is 54.8 Å². The third-order valence-corrected chi connectivity index (χ3v) is 3.55. The first kappa shape index (κ1) is 12.7. The highest BCUT2D eigenvalue weighted by Crippen LogP contribution is 2.17. The topological polar surface area (TPSA) is 12.0 Å². The third kappa shape index (κ3) is 3.63. The first-order valence-corrected chi connectivity index (χ1v) is 6.97. The Morgan fingerprint density at radius 1 is 0.941 bits per heavy atom. The minimum absolute atomic E-state index is 0.716. The van der Waals surface area contributed by atoms with E-state index in [1.165, 1.54) is 0 Å². The fourth-order valence-electron chi connectivity index (χ4n) is 1.37. The molecule has 0 saturated carbocycles. The van der Waals surface area contributed by atoms with Gasteiger partial charge in [-0.15, -0.1) is 0 Å². The van der Waals surface area contributed by atoms with E-state index in [0.717, 1.165) is 20.2 Å². The smallest absolute Gasteiger partial charge is 0.111 e. The molecule has 0 aliphatic carbocycles. The molecule has 4 heteroatoms. The predicted molar refractivity (Wildman–Crippen MR) is 83.6 cm³/mol. The van der Waals surface area contributed by atoms with E-state index >= 15 is 0 Å². The van der Waals surface area contributed by atoms with Gasteiger partial charge < -0.3 is 5.32 Å². The van der Waals surface area contributed by atoms with E-state index in [-0.39, 0.29) is 0 Å². The molecule has 0 unspecified atom stereocenters. The van der Waals surface area contributed by atoms with Crippen molar-refractivity contribution in [3.05, 3.63) is 63.0 Å². The van der Waals surface area contributed by atoms with Gasteiger partial charge in [-0.2, -0.15) is 0 Å². The van der Waals surface area contributed by atoms with Crippen LogP contribution in [-0.4, -0.2) is 4.99 Å². The first-order chi connectivity index (χ1) is 8.15. The number of halogens is 2. The van der Waals surface area contributed by atoms with Crippen molar-refractivity contribution in [2.45, 2.75) is 0 Å². The Morgan fingerprint density at radius 3 is 2.29 bits per heavy atom. The average Bonchev–Trinajstić information content (AvgIpc) is 2.32.